The SMILES string of the molecule is [C-]#[N+]c1ncc(N2CCC[C@@H](n3ccc4cc(C5CC5)ccc4c3=O)C2)nc1Cl. The van der Waals surface area contributed by atoms with Gasteiger partial charge in [0.1, 0.15) is 0 Å². The van der Waals surface area contributed by atoms with E-state index in [1.54, 1.807) is 6.20 Å². The first-order chi connectivity index (χ1) is 14.1. The molecule has 1 saturated heterocycles. The molecule has 6 nitrogen and oxygen atoms in total. The van der Waals surface area contributed by atoms with Gasteiger partial charge in [0.05, 0.1) is 6.04 Å². The van der Waals surface area contributed by atoms with Crippen LogP contribution in [0.5, 0.6) is 0 Å². The number of halogens is 1. The number of hydrogen-bond donors (Lipinski definition) is 0. The minimum absolute atomic E-state index is 0.0594. The standard InChI is InChI=1S/C22H20ClN5O/c1-24-21-20(23)26-19(12-25-21)27-9-2-3-17(13-27)28-10-8-16-11-15(14-4-5-14)6-7-18(16)22(28)29/h6-8,10-12,14,17H,2-5,9,13H2/t17-/m1/s1. The van der Waals surface area contributed by atoms with Crippen LogP contribution in [0.15, 0.2) is 41.5 Å². The average Bonchev–Trinajstić information content (AvgIpc) is 3.59. The molecule has 1 aliphatic heterocycles. The highest BCUT2D eigenvalue weighted by molar-refractivity contribution is 6.31. The first-order valence-corrected chi connectivity index (χ1v) is 10.3. The van der Waals surface area contributed by atoms with Crippen LogP contribution in [0, 0.1) is 6.57 Å². The van der Waals surface area contributed by atoms with Gasteiger partial charge in [-0.15, -0.1) is 4.98 Å². The van der Waals surface area contributed by atoms with Crippen LogP contribution in [0.1, 0.15) is 43.2 Å². The van der Waals surface area contributed by atoms with E-state index in [0.29, 0.717) is 18.3 Å². The van der Waals surface area contributed by atoms with Crippen molar-refractivity contribution in [3.8, 4) is 0 Å². The molecule has 2 aliphatic rings. The lowest BCUT2D eigenvalue weighted by Gasteiger charge is -2.34. The van der Waals surface area contributed by atoms with Gasteiger partial charge >= 0.3 is 5.82 Å². The van der Waals surface area contributed by atoms with E-state index in [4.69, 9.17) is 18.2 Å². The van der Waals surface area contributed by atoms with Crippen LogP contribution in [0.4, 0.5) is 11.6 Å². The van der Waals surface area contributed by atoms with Crippen molar-refractivity contribution in [3.63, 3.8) is 0 Å². The summed E-state index contributed by atoms with van der Waals surface area (Å²) in [6.45, 7) is 8.55. The third-order valence-electron chi connectivity index (χ3n) is 5.92. The van der Waals surface area contributed by atoms with Gasteiger partial charge in [-0.2, -0.15) is 0 Å². The minimum atomic E-state index is 0.0594. The van der Waals surface area contributed by atoms with Gasteiger partial charge in [-0.05, 0) is 54.7 Å². The highest BCUT2D eigenvalue weighted by atomic mass is 35.5. The second-order valence-electron chi connectivity index (χ2n) is 7.85. The molecule has 3 aromatic rings. The van der Waals surface area contributed by atoms with Crippen molar-refractivity contribution in [2.45, 2.75) is 37.6 Å². The lowest BCUT2D eigenvalue weighted by atomic mass is 10.0. The second kappa shape index (κ2) is 7.16. The Morgan fingerprint density at radius 3 is 2.83 bits per heavy atom. The van der Waals surface area contributed by atoms with Gasteiger partial charge in [0.15, 0.2) is 17.2 Å². The molecule has 2 aromatic heterocycles. The van der Waals surface area contributed by atoms with Crippen molar-refractivity contribution in [1.29, 1.82) is 0 Å². The number of pyridine rings is 1. The lowest BCUT2D eigenvalue weighted by Crippen LogP contribution is -2.40. The number of benzene rings is 1. The van der Waals surface area contributed by atoms with Crippen molar-refractivity contribution in [2.75, 3.05) is 18.0 Å². The van der Waals surface area contributed by atoms with Crippen LogP contribution in [0.25, 0.3) is 15.6 Å². The first-order valence-electron chi connectivity index (χ1n) is 9.94. The predicted octanol–water partition coefficient (Wildman–Crippen LogP) is 4.71. The molecule has 3 heterocycles. The molecule has 0 unspecified atom stereocenters. The Hall–Kier alpha value is -2.91. The quantitative estimate of drug-likeness (QED) is 0.592. The van der Waals surface area contributed by atoms with Gasteiger partial charge in [0.2, 0.25) is 0 Å². The molecule has 0 radical (unpaired) electrons. The number of anilines is 1. The molecular weight excluding hydrogens is 386 g/mol. The van der Waals surface area contributed by atoms with Gasteiger partial charge in [-0.3, -0.25) is 4.79 Å². The third-order valence-corrected chi connectivity index (χ3v) is 6.18. The van der Waals surface area contributed by atoms with Gasteiger partial charge < -0.3 is 14.3 Å². The Morgan fingerprint density at radius 1 is 1.21 bits per heavy atom. The maximum absolute atomic E-state index is 13.2. The smallest absolute Gasteiger partial charge is 0.307 e. The average molecular weight is 406 g/mol. The number of fused-ring (bicyclic) bond motifs is 1. The van der Waals surface area contributed by atoms with E-state index in [9.17, 15) is 4.79 Å². The molecule has 1 aliphatic carbocycles. The van der Waals surface area contributed by atoms with E-state index >= 15 is 0 Å². The summed E-state index contributed by atoms with van der Waals surface area (Å²) in [4.78, 5) is 26.9. The van der Waals surface area contributed by atoms with Gasteiger partial charge in [-0.1, -0.05) is 30.3 Å². The molecule has 146 valence electrons. The Morgan fingerprint density at radius 2 is 2.07 bits per heavy atom. The molecule has 1 aromatic carbocycles. The summed E-state index contributed by atoms with van der Waals surface area (Å²) in [7, 11) is 0. The predicted molar refractivity (Wildman–Crippen MR) is 114 cm³/mol. The maximum Gasteiger partial charge on any atom is 0.307 e. The molecule has 5 rings (SSSR count). The summed E-state index contributed by atoms with van der Waals surface area (Å²) in [6, 6.07) is 8.38. The number of rotatable bonds is 3. The zero-order chi connectivity index (χ0) is 20.0. The summed E-state index contributed by atoms with van der Waals surface area (Å²) in [5.74, 6) is 1.44. The van der Waals surface area contributed by atoms with E-state index in [0.717, 1.165) is 30.2 Å². The molecule has 0 amide bonds. The highest BCUT2D eigenvalue weighted by Crippen LogP contribution is 2.40. The summed E-state index contributed by atoms with van der Waals surface area (Å²) < 4.78 is 1.85. The normalized spacial score (nSPS) is 19.3. The van der Waals surface area contributed by atoms with E-state index in [1.165, 1.54) is 18.4 Å². The topological polar surface area (TPSA) is 55.4 Å². The van der Waals surface area contributed by atoms with E-state index in [-0.39, 0.29) is 22.6 Å². The fourth-order valence-corrected chi connectivity index (χ4v) is 4.39. The Labute approximate surface area is 173 Å². The summed E-state index contributed by atoms with van der Waals surface area (Å²) in [6.07, 6.45) is 7.90. The molecule has 2 fully saturated rings. The highest BCUT2D eigenvalue weighted by Gasteiger charge is 2.26. The van der Waals surface area contributed by atoms with Crippen molar-refractivity contribution < 1.29 is 0 Å². The van der Waals surface area contributed by atoms with Crippen LogP contribution in [0.2, 0.25) is 5.15 Å². The first kappa shape index (κ1) is 18.1. The molecule has 0 bridgehead atoms. The monoisotopic (exact) mass is 405 g/mol. The number of nitrogens with zero attached hydrogens (tertiary/aromatic N) is 5. The molecule has 0 N–H and O–H groups in total. The molecule has 29 heavy (non-hydrogen) atoms. The lowest BCUT2D eigenvalue weighted by molar-refractivity contribution is 0.396. The van der Waals surface area contributed by atoms with E-state index in [1.807, 2.05) is 16.8 Å². The van der Waals surface area contributed by atoms with Crippen molar-refractivity contribution in [2.24, 2.45) is 0 Å². The summed E-state index contributed by atoms with van der Waals surface area (Å²) in [5, 5.41) is 1.92. The molecule has 1 saturated carbocycles. The van der Waals surface area contributed by atoms with Gasteiger partial charge in [0.25, 0.3) is 5.56 Å². The van der Waals surface area contributed by atoms with E-state index < -0.39 is 0 Å². The summed E-state index contributed by atoms with van der Waals surface area (Å²) >= 11 is 6.06. The third kappa shape index (κ3) is 3.36. The molecule has 7 heteroatoms. The van der Waals surface area contributed by atoms with Crippen LogP contribution < -0.4 is 10.5 Å². The van der Waals surface area contributed by atoms with Crippen LogP contribution in [0.3, 0.4) is 0 Å². The van der Waals surface area contributed by atoms with Gasteiger partial charge in [-0.25, -0.2) is 4.98 Å². The van der Waals surface area contributed by atoms with Crippen molar-refractivity contribution >= 4 is 34.0 Å². The Bertz CT molecular complexity index is 1190. The van der Waals surface area contributed by atoms with Crippen molar-refractivity contribution in [3.05, 3.63) is 69.1 Å². The zero-order valence-electron chi connectivity index (χ0n) is 15.9. The number of aromatic nitrogens is 3. The molecule has 0 spiro atoms. The van der Waals surface area contributed by atoms with Crippen LogP contribution in [-0.2, 0) is 0 Å². The van der Waals surface area contributed by atoms with E-state index in [2.05, 4.69) is 37.9 Å². The number of hydrogen-bond acceptors (Lipinski definition) is 4. The Kier molecular flexibility index (Phi) is 4.48. The van der Waals surface area contributed by atoms with Crippen LogP contribution in [-0.4, -0.2) is 27.6 Å². The second-order valence-corrected chi connectivity index (χ2v) is 8.20. The summed E-state index contributed by atoms with van der Waals surface area (Å²) in [5.41, 5.74) is 1.40. The minimum Gasteiger partial charge on any atom is -0.358 e. The fraction of sp³-hybridized carbons (Fsp3) is 0.364. The molecular formula is C22H20ClN5O. The van der Waals surface area contributed by atoms with Crippen molar-refractivity contribution in [1.82, 2.24) is 14.5 Å². The zero-order valence-corrected chi connectivity index (χ0v) is 16.6. The largest absolute Gasteiger partial charge is 0.358 e. The Balaban J connectivity index is 1.44. The number of piperidine rings is 1. The van der Waals surface area contributed by atoms with Crippen LogP contribution >= 0.6 is 11.6 Å². The maximum atomic E-state index is 13.2. The van der Waals surface area contributed by atoms with Gasteiger partial charge in [0, 0.05) is 24.7 Å². The molecule has 1 atom stereocenters. The fourth-order valence-electron chi connectivity index (χ4n) is 4.21.